The second kappa shape index (κ2) is 5.79. The van der Waals surface area contributed by atoms with Crippen molar-refractivity contribution < 1.29 is 14.9 Å². The predicted molar refractivity (Wildman–Crippen MR) is 66.6 cm³/mol. The Morgan fingerprint density at radius 2 is 2.06 bits per heavy atom. The van der Waals surface area contributed by atoms with Crippen molar-refractivity contribution in [2.45, 2.75) is 25.7 Å². The number of hydrogen-bond acceptors (Lipinski definition) is 6. The summed E-state index contributed by atoms with van der Waals surface area (Å²) in [5.74, 6) is 1.09. The summed E-state index contributed by atoms with van der Waals surface area (Å²) in [6.45, 7) is 3.43. The second-order valence-corrected chi connectivity index (χ2v) is 4.53. The minimum atomic E-state index is -0.755. The third kappa shape index (κ3) is 3.08. The van der Waals surface area contributed by atoms with Gasteiger partial charge in [-0.3, -0.25) is 0 Å². The number of aromatic nitrogens is 2. The molecule has 1 saturated heterocycles. The Morgan fingerprint density at radius 1 is 1.39 bits per heavy atom. The van der Waals surface area contributed by atoms with Crippen molar-refractivity contribution in [2.75, 3.05) is 24.6 Å². The molecule has 0 saturated carbocycles. The molecule has 7 heteroatoms. The zero-order chi connectivity index (χ0) is 13.1. The Bertz CT molecular complexity index is 409. The van der Waals surface area contributed by atoms with E-state index in [4.69, 9.17) is 16.3 Å². The summed E-state index contributed by atoms with van der Waals surface area (Å²) < 4.78 is 5.23. The molecule has 18 heavy (non-hydrogen) atoms. The van der Waals surface area contributed by atoms with E-state index in [1.165, 1.54) is 0 Å². The van der Waals surface area contributed by atoms with E-state index in [0.29, 0.717) is 43.1 Å². The average molecular weight is 274 g/mol. The van der Waals surface area contributed by atoms with E-state index < -0.39 is 12.2 Å². The molecule has 1 fully saturated rings. The summed E-state index contributed by atoms with van der Waals surface area (Å²) in [5, 5.41) is 19.4. The molecule has 2 unspecified atom stereocenters. The van der Waals surface area contributed by atoms with Crippen molar-refractivity contribution in [2.24, 2.45) is 0 Å². The number of rotatable bonds is 4. The number of aliphatic hydroxyl groups excluding tert-OH is 2. The van der Waals surface area contributed by atoms with Gasteiger partial charge in [-0.15, -0.1) is 0 Å². The van der Waals surface area contributed by atoms with Gasteiger partial charge < -0.3 is 19.8 Å². The molecule has 0 amide bonds. The maximum Gasteiger partial charge on any atom is 0.158 e. The highest BCUT2D eigenvalue weighted by Crippen LogP contribution is 2.21. The molecule has 0 spiro atoms. The standard InChI is InChI=1S/C11H16ClN3O3/c1-2-18-6-10-13-9(12)3-11(14-10)15-4-7(16)8(17)5-15/h3,7-8,16-17H,2,4-6H2,1H3. The summed E-state index contributed by atoms with van der Waals surface area (Å²) in [5.41, 5.74) is 0. The van der Waals surface area contributed by atoms with Crippen LogP contribution < -0.4 is 4.90 Å². The quantitative estimate of drug-likeness (QED) is 0.764. The van der Waals surface area contributed by atoms with Gasteiger partial charge in [0.25, 0.3) is 0 Å². The number of nitrogens with zero attached hydrogens (tertiary/aromatic N) is 3. The number of halogens is 1. The van der Waals surface area contributed by atoms with Gasteiger partial charge in [0.1, 0.15) is 17.6 Å². The molecule has 0 bridgehead atoms. The second-order valence-electron chi connectivity index (χ2n) is 4.14. The Kier molecular flexibility index (Phi) is 4.34. The smallest absolute Gasteiger partial charge is 0.158 e. The van der Waals surface area contributed by atoms with Crippen LogP contribution in [-0.2, 0) is 11.3 Å². The zero-order valence-corrected chi connectivity index (χ0v) is 10.8. The van der Waals surface area contributed by atoms with E-state index in [2.05, 4.69) is 9.97 Å². The van der Waals surface area contributed by atoms with Crippen LogP contribution in [0.4, 0.5) is 5.82 Å². The predicted octanol–water partition coefficient (Wildman–Crippen LogP) is 0.208. The number of anilines is 1. The number of aliphatic hydroxyl groups is 2. The van der Waals surface area contributed by atoms with Gasteiger partial charge in [0, 0.05) is 25.8 Å². The Hall–Kier alpha value is -0.950. The highest BCUT2D eigenvalue weighted by atomic mass is 35.5. The molecule has 1 aromatic heterocycles. The Balaban J connectivity index is 2.15. The van der Waals surface area contributed by atoms with Gasteiger partial charge in [-0.05, 0) is 6.92 Å². The summed E-state index contributed by atoms with van der Waals surface area (Å²) in [7, 11) is 0. The first-order valence-electron chi connectivity index (χ1n) is 5.82. The molecule has 2 N–H and O–H groups in total. The summed E-state index contributed by atoms with van der Waals surface area (Å²) in [6, 6.07) is 1.61. The average Bonchev–Trinajstić information content (AvgIpc) is 2.66. The maximum absolute atomic E-state index is 9.52. The van der Waals surface area contributed by atoms with Crippen LogP contribution >= 0.6 is 11.6 Å². The highest BCUT2D eigenvalue weighted by molar-refractivity contribution is 6.29. The van der Waals surface area contributed by atoms with Crippen LogP contribution in [0.3, 0.4) is 0 Å². The van der Waals surface area contributed by atoms with E-state index in [0.717, 1.165) is 0 Å². The molecule has 2 heterocycles. The maximum atomic E-state index is 9.52. The van der Waals surface area contributed by atoms with Gasteiger partial charge in [0.2, 0.25) is 0 Å². The molecule has 100 valence electrons. The molecular formula is C11H16ClN3O3. The molecule has 6 nitrogen and oxygen atoms in total. The third-order valence-corrected chi connectivity index (χ3v) is 2.94. The van der Waals surface area contributed by atoms with E-state index in [-0.39, 0.29) is 0 Å². The molecule has 2 rings (SSSR count). The SMILES string of the molecule is CCOCc1nc(Cl)cc(N2CC(O)C(O)C2)n1. The van der Waals surface area contributed by atoms with Gasteiger partial charge in [-0.1, -0.05) is 11.6 Å². The normalized spacial score (nSPS) is 23.7. The monoisotopic (exact) mass is 273 g/mol. The summed E-state index contributed by atoms with van der Waals surface area (Å²) >= 11 is 5.92. The van der Waals surface area contributed by atoms with Crippen LogP contribution in [0.15, 0.2) is 6.07 Å². The largest absolute Gasteiger partial charge is 0.389 e. The molecule has 0 aliphatic carbocycles. The molecule has 1 aliphatic heterocycles. The lowest BCUT2D eigenvalue weighted by Gasteiger charge is -2.17. The lowest BCUT2D eigenvalue weighted by atomic mass is 10.3. The molecule has 0 radical (unpaired) electrons. The van der Waals surface area contributed by atoms with Crippen LogP contribution in [0.2, 0.25) is 5.15 Å². The molecule has 0 aromatic carbocycles. The van der Waals surface area contributed by atoms with Crippen LogP contribution in [0.5, 0.6) is 0 Å². The van der Waals surface area contributed by atoms with Crippen molar-refractivity contribution in [3.63, 3.8) is 0 Å². The van der Waals surface area contributed by atoms with Crippen molar-refractivity contribution in [3.8, 4) is 0 Å². The summed E-state index contributed by atoms with van der Waals surface area (Å²) in [4.78, 5) is 10.1. The number of ether oxygens (including phenoxy) is 1. The molecule has 1 aromatic rings. The van der Waals surface area contributed by atoms with E-state index in [1.807, 2.05) is 6.92 Å². The van der Waals surface area contributed by atoms with Crippen LogP contribution in [0, 0.1) is 0 Å². The first-order chi connectivity index (χ1) is 8.60. The van der Waals surface area contributed by atoms with Crippen LogP contribution in [0.1, 0.15) is 12.7 Å². The topological polar surface area (TPSA) is 78.7 Å². The highest BCUT2D eigenvalue weighted by Gasteiger charge is 2.30. The lowest BCUT2D eigenvalue weighted by Crippen LogP contribution is -2.23. The minimum Gasteiger partial charge on any atom is -0.389 e. The van der Waals surface area contributed by atoms with Gasteiger partial charge in [-0.25, -0.2) is 9.97 Å². The van der Waals surface area contributed by atoms with Crippen molar-refractivity contribution >= 4 is 17.4 Å². The Morgan fingerprint density at radius 3 is 2.67 bits per heavy atom. The van der Waals surface area contributed by atoms with Gasteiger partial charge in [0.15, 0.2) is 5.82 Å². The van der Waals surface area contributed by atoms with E-state index in [9.17, 15) is 10.2 Å². The third-order valence-electron chi connectivity index (χ3n) is 2.75. The van der Waals surface area contributed by atoms with E-state index >= 15 is 0 Å². The fourth-order valence-electron chi connectivity index (χ4n) is 1.83. The molecule has 2 atom stereocenters. The van der Waals surface area contributed by atoms with Crippen molar-refractivity contribution in [1.29, 1.82) is 0 Å². The van der Waals surface area contributed by atoms with Gasteiger partial charge >= 0.3 is 0 Å². The molecule has 1 aliphatic rings. The zero-order valence-electron chi connectivity index (χ0n) is 10.1. The fourth-order valence-corrected chi connectivity index (χ4v) is 2.02. The van der Waals surface area contributed by atoms with Crippen LogP contribution in [-0.4, -0.2) is 52.1 Å². The van der Waals surface area contributed by atoms with E-state index in [1.54, 1.807) is 11.0 Å². The molecular weight excluding hydrogens is 258 g/mol. The van der Waals surface area contributed by atoms with Gasteiger partial charge in [0.05, 0.1) is 12.2 Å². The van der Waals surface area contributed by atoms with Crippen molar-refractivity contribution in [3.05, 3.63) is 17.0 Å². The first kappa shape index (κ1) is 13.5. The minimum absolute atomic E-state index is 0.295. The first-order valence-corrected chi connectivity index (χ1v) is 6.20. The number of β-amino-alcohol motifs (C(OH)–C–C–N with tert-alkyl or cyclic N) is 2. The van der Waals surface area contributed by atoms with Crippen molar-refractivity contribution in [1.82, 2.24) is 9.97 Å². The number of hydrogen-bond donors (Lipinski definition) is 2. The fraction of sp³-hybridized carbons (Fsp3) is 0.636. The Labute approximate surface area is 110 Å². The van der Waals surface area contributed by atoms with Crippen LogP contribution in [0.25, 0.3) is 0 Å². The lowest BCUT2D eigenvalue weighted by molar-refractivity contribution is 0.0572. The van der Waals surface area contributed by atoms with Gasteiger partial charge in [-0.2, -0.15) is 0 Å². The summed E-state index contributed by atoms with van der Waals surface area (Å²) in [6.07, 6.45) is -1.51.